The number of nitrogens with two attached hydrogens (primary N) is 1. The monoisotopic (exact) mass is 268 g/mol. The Kier molecular flexibility index (Phi) is 4.63. The van der Waals surface area contributed by atoms with E-state index in [1.807, 2.05) is 0 Å². The van der Waals surface area contributed by atoms with Crippen molar-refractivity contribution >= 4 is 28.9 Å². The van der Waals surface area contributed by atoms with E-state index in [4.69, 9.17) is 17.3 Å². The highest BCUT2D eigenvalue weighted by Crippen LogP contribution is 2.28. The molecule has 18 heavy (non-hydrogen) atoms. The van der Waals surface area contributed by atoms with Gasteiger partial charge in [0.25, 0.3) is 0 Å². The maximum atomic E-state index is 11.9. The van der Waals surface area contributed by atoms with Gasteiger partial charge in [-0.25, -0.2) is 0 Å². The van der Waals surface area contributed by atoms with E-state index in [0.29, 0.717) is 28.7 Å². The van der Waals surface area contributed by atoms with Gasteiger partial charge in [0, 0.05) is 12.1 Å². The van der Waals surface area contributed by atoms with Gasteiger partial charge in [-0.05, 0) is 29.5 Å². The van der Waals surface area contributed by atoms with Crippen molar-refractivity contribution in [2.45, 2.75) is 34.1 Å². The lowest BCUT2D eigenvalue weighted by atomic mass is 9.80. The first-order chi connectivity index (χ1) is 8.20. The summed E-state index contributed by atoms with van der Waals surface area (Å²) in [6.07, 6.45) is 0.492. The Morgan fingerprint density at radius 1 is 1.44 bits per heavy atom. The van der Waals surface area contributed by atoms with Crippen molar-refractivity contribution < 1.29 is 4.79 Å². The van der Waals surface area contributed by atoms with Crippen LogP contribution in [0.1, 0.15) is 34.1 Å². The van der Waals surface area contributed by atoms with Crippen LogP contribution in [0.5, 0.6) is 0 Å². The second-order valence-electron chi connectivity index (χ2n) is 5.76. The maximum Gasteiger partial charge on any atom is 0.224 e. The topological polar surface area (TPSA) is 55.1 Å². The molecule has 0 aliphatic carbocycles. The molecule has 0 saturated heterocycles. The molecule has 1 rings (SSSR count). The number of nitrogen functional groups attached to an aromatic ring is 1. The Morgan fingerprint density at radius 2 is 2.06 bits per heavy atom. The summed E-state index contributed by atoms with van der Waals surface area (Å²) in [5.41, 5.74) is 6.93. The zero-order valence-electron chi connectivity index (χ0n) is 11.4. The highest BCUT2D eigenvalue weighted by atomic mass is 35.5. The van der Waals surface area contributed by atoms with Crippen LogP contribution in [0.15, 0.2) is 18.2 Å². The van der Waals surface area contributed by atoms with Crippen LogP contribution in [0, 0.1) is 11.3 Å². The molecule has 1 atom stereocenters. The van der Waals surface area contributed by atoms with Gasteiger partial charge in [0.2, 0.25) is 5.91 Å². The molecule has 0 heterocycles. The second kappa shape index (κ2) is 5.61. The lowest BCUT2D eigenvalue weighted by Crippen LogP contribution is -2.23. The van der Waals surface area contributed by atoms with Crippen LogP contribution in [0.2, 0.25) is 5.02 Å². The first-order valence-corrected chi connectivity index (χ1v) is 6.43. The number of hydrogen-bond donors (Lipinski definition) is 2. The SMILES string of the molecule is CC(CC(=O)Nc1ccc(N)c(Cl)c1)C(C)(C)C. The Hall–Kier alpha value is -1.22. The van der Waals surface area contributed by atoms with Gasteiger partial charge >= 0.3 is 0 Å². The summed E-state index contributed by atoms with van der Waals surface area (Å²) >= 11 is 5.90. The van der Waals surface area contributed by atoms with Crippen LogP contribution in [0.4, 0.5) is 11.4 Å². The molecular formula is C14H21ClN2O. The van der Waals surface area contributed by atoms with Gasteiger partial charge in [-0.15, -0.1) is 0 Å². The Labute approximate surface area is 114 Å². The fourth-order valence-electron chi connectivity index (χ4n) is 1.40. The normalized spacial score (nSPS) is 13.2. The summed E-state index contributed by atoms with van der Waals surface area (Å²) in [5, 5.41) is 3.29. The zero-order chi connectivity index (χ0) is 13.9. The summed E-state index contributed by atoms with van der Waals surface area (Å²) in [5.74, 6) is 0.306. The first-order valence-electron chi connectivity index (χ1n) is 6.05. The number of rotatable bonds is 3. The molecule has 1 aromatic rings. The van der Waals surface area contributed by atoms with Gasteiger partial charge in [0.1, 0.15) is 0 Å². The van der Waals surface area contributed by atoms with Gasteiger partial charge in [-0.1, -0.05) is 39.3 Å². The van der Waals surface area contributed by atoms with E-state index >= 15 is 0 Å². The van der Waals surface area contributed by atoms with Crippen LogP contribution in [0.3, 0.4) is 0 Å². The zero-order valence-corrected chi connectivity index (χ0v) is 12.1. The third kappa shape index (κ3) is 4.22. The minimum atomic E-state index is -0.00161. The summed E-state index contributed by atoms with van der Waals surface area (Å²) in [7, 11) is 0. The standard InChI is InChI=1S/C14H21ClN2O/c1-9(14(2,3)4)7-13(18)17-10-5-6-12(16)11(15)8-10/h5-6,8-9H,7,16H2,1-4H3,(H,17,18). The molecule has 0 radical (unpaired) electrons. The number of carbonyl (C=O) groups excluding carboxylic acids is 1. The molecule has 3 N–H and O–H groups in total. The minimum absolute atomic E-state index is 0.00161. The minimum Gasteiger partial charge on any atom is -0.398 e. The second-order valence-corrected chi connectivity index (χ2v) is 6.16. The highest BCUT2D eigenvalue weighted by Gasteiger charge is 2.22. The fraction of sp³-hybridized carbons (Fsp3) is 0.500. The number of benzene rings is 1. The van der Waals surface area contributed by atoms with Gasteiger partial charge in [0.15, 0.2) is 0 Å². The average Bonchev–Trinajstić information content (AvgIpc) is 2.22. The van der Waals surface area contributed by atoms with Gasteiger partial charge in [0.05, 0.1) is 10.7 Å². The molecule has 0 saturated carbocycles. The van der Waals surface area contributed by atoms with Crippen molar-refractivity contribution in [3.63, 3.8) is 0 Å². The number of anilines is 2. The van der Waals surface area contributed by atoms with E-state index in [2.05, 4.69) is 33.0 Å². The molecule has 100 valence electrons. The third-order valence-electron chi connectivity index (χ3n) is 3.25. The van der Waals surface area contributed by atoms with Gasteiger partial charge < -0.3 is 11.1 Å². The molecule has 0 fully saturated rings. The van der Waals surface area contributed by atoms with E-state index in [1.54, 1.807) is 18.2 Å². The molecular weight excluding hydrogens is 248 g/mol. The Bertz CT molecular complexity index is 438. The lowest BCUT2D eigenvalue weighted by Gasteiger charge is -2.26. The first kappa shape index (κ1) is 14.8. The summed E-state index contributed by atoms with van der Waals surface area (Å²) in [6.45, 7) is 8.47. The Morgan fingerprint density at radius 3 is 2.56 bits per heavy atom. The van der Waals surface area contributed by atoms with E-state index in [1.165, 1.54) is 0 Å². The van der Waals surface area contributed by atoms with Crippen molar-refractivity contribution in [2.24, 2.45) is 11.3 Å². The van der Waals surface area contributed by atoms with Crippen LogP contribution in [-0.2, 0) is 4.79 Å². The average molecular weight is 269 g/mol. The predicted molar refractivity (Wildman–Crippen MR) is 77.7 cm³/mol. The van der Waals surface area contributed by atoms with Gasteiger partial charge in [-0.2, -0.15) is 0 Å². The van der Waals surface area contributed by atoms with Crippen molar-refractivity contribution in [1.29, 1.82) is 0 Å². The molecule has 3 nitrogen and oxygen atoms in total. The molecule has 1 aromatic carbocycles. The predicted octanol–water partition coefficient (Wildman–Crippen LogP) is 3.93. The van der Waals surface area contributed by atoms with Crippen LogP contribution in [0.25, 0.3) is 0 Å². The van der Waals surface area contributed by atoms with E-state index in [-0.39, 0.29) is 11.3 Å². The van der Waals surface area contributed by atoms with Crippen LogP contribution < -0.4 is 11.1 Å². The van der Waals surface area contributed by atoms with Crippen molar-refractivity contribution in [2.75, 3.05) is 11.1 Å². The quantitative estimate of drug-likeness (QED) is 0.816. The van der Waals surface area contributed by atoms with E-state index in [0.717, 1.165) is 0 Å². The van der Waals surface area contributed by atoms with Crippen LogP contribution >= 0.6 is 11.6 Å². The van der Waals surface area contributed by atoms with Crippen molar-refractivity contribution in [1.82, 2.24) is 0 Å². The molecule has 0 aliphatic heterocycles. The fourth-order valence-corrected chi connectivity index (χ4v) is 1.58. The molecule has 1 unspecified atom stereocenters. The Balaban J connectivity index is 2.62. The smallest absolute Gasteiger partial charge is 0.224 e. The van der Waals surface area contributed by atoms with Gasteiger partial charge in [-0.3, -0.25) is 4.79 Å². The number of carbonyl (C=O) groups is 1. The molecule has 1 amide bonds. The van der Waals surface area contributed by atoms with E-state index < -0.39 is 0 Å². The third-order valence-corrected chi connectivity index (χ3v) is 3.58. The van der Waals surface area contributed by atoms with Crippen molar-refractivity contribution in [3.05, 3.63) is 23.2 Å². The van der Waals surface area contributed by atoms with E-state index in [9.17, 15) is 4.79 Å². The lowest BCUT2D eigenvalue weighted by molar-refractivity contribution is -0.117. The largest absolute Gasteiger partial charge is 0.398 e. The number of halogens is 1. The molecule has 0 aliphatic rings. The molecule has 0 spiro atoms. The summed E-state index contributed by atoms with van der Waals surface area (Å²) < 4.78 is 0. The molecule has 0 aromatic heterocycles. The highest BCUT2D eigenvalue weighted by molar-refractivity contribution is 6.33. The van der Waals surface area contributed by atoms with Crippen LogP contribution in [-0.4, -0.2) is 5.91 Å². The molecule has 4 heteroatoms. The number of hydrogen-bond acceptors (Lipinski definition) is 2. The summed E-state index contributed by atoms with van der Waals surface area (Å²) in [6, 6.07) is 5.10. The maximum absolute atomic E-state index is 11.9. The summed E-state index contributed by atoms with van der Waals surface area (Å²) in [4.78, 5) is 11.9. The molecule has 0 bridgehead atoms. The van der Waals surface area contributed by atoms with Crippen molar-refractivity contribution in [3.8, 4) is 0 Å². The number of nitrogens with one attached hydrogen (secondary N) is 1. The number of amides is 1.